The zero-order valence-electron chi connectivity index (χ0n) is 16.6. The molecule has 0 aliphatic heterocycles. The van der Waals surface area contributed by atoms with Gasteiger partial charge in [0.25, 0.3) is 0 Å². The lowest BCUT2D eigenvalue weighted by molar-refractivity contribution is 0.302. The van der Waals surface area contributed by atoms with Crippen molar-refractivity contribution in [1.82, 2.24) is 14.4 Å². The lowest BCUT2D eigenvalue weighted by atomic mass is 9.82. The topological polar surface area (TPSA) is 42.2 Å². The summed E-state index contributed by atoms with van der Waals surface area (Å²) < 4.78 is 2.07. The fourth-order valence-corrected chi connectivity index (χ4v) is 3.84. The minimum atomic E-state index is -0.0362. The summed E-state index contributed by atoms with van der Waals surface area (Å²) in [5, 5.41) is 3.76. The van der Waals surface area contributed by atoms with Gasteiger partial charge in [-0.25, -0.2) is 9.97 Å². The van der Waals surface area contributed by atoms with Crippen LogP contribution in [-0.4, -0.2) is 19.9 Å². The van der Waals surface area contributed by atoms with Crippen LogP contribution in [0.4, 0.5) is 5.82 Å². The second kappa shape index (κ2) is 7.10. The van der Waals surface area contributed by atoms with E-state index in [0.29, 0.717) is 0 Å². The van der Waals surface area contributed by atoms with E-state index in [1.165, 1.54) is 5.56 Å². The van der Waals surface area contributed by atoms with Gasteiger partial charge in [0.15, 0.2) is 0 Å². The Bertz CT molecular complexity index is 857. The number of nitrogens with one attached hydrogen (secondary N) is 1. The molecule has 0 unspecified atom stereocenters. The molecule has 0 aliphatic rings. The van der Waals surface area contributed by atoms with Crippen molar-refractivity contribution >= 4 is 11.6 Å². The zero-order valence-corrected chi connectivity index (χ0v) is 16.6. The predicted molar refractivity (Wildman–Crippen MR) is 109 cm³/mol. The van der Waals surface area contributed by atoms with E-state index in [1.54, 1.807) is 6.20 Å². The number of rotatable bonds is 6. The molecule has 2 heterocycles. The van der Waals surface area contributed by atoms with Gasteiger partial charge >= 0.3 is 0 Å². The van der Waals surface area contributed by atoms with Gasteiger partial charge in [-0.3, -0.25) is 4.40 Å². The highest BCUT2D eigenvalue weighted by Crippen LogP contribution is 2.31. The first-order chi connectivity index (χ1) is 12.2. The van der Waals surface area contributed by atoms with Gasteiger partial charge in [-0.05, 0) is 50.2 Å². The molecule has 4 nitrogen and oxygen atoms in total. The quantitative estimate of drug-likeness (QED) is 0.669. The van der Waals surface area contributed by atoms with E-state index in [-0.39, 0.29) is 11.0 Å². The van der Waals surface area contributed by atoms with Crippen molar-refractivity contribution in [3.63, 3.8) is 0 Å². The Hall–Kier alpha value is -2.36. The molecule has 0 amide bonds. The Labute approximate surface area is 156 Å². The van der Waals surface area contributed by atoms with Crippen LogP contribution in [0.1, 0.15) is 52.3 Å². The summed E-state index contributed by atoms with van der Waals surface area (Å²) in [7, 11) is 0. The average molecular weight is 351 g/mol. The zero-order chi connectivity index (χ0) is 18.8. The van der Waals surface area contributed by atoms with Gasteiger partial charge in [-0.1, -0.05) is 51.1 Å². The minimum absolute atomic E-state index is 0.0362. The van der Waals surface area contributed by atoms with E-state index >= 15 is 0 Å². The van der Waals surface area contributed by atoms with Crippen molar-refractivity contribution in [1.29, 1.82) is 0 Å². The predicted octanol–water partition coefficient (Wildman–Crippen LogP) is 5.14. The largest absolute Gasteiger partial charge is 0.365 e. The Morgan fingerprint density at radius 3 is 2.38 bits per heavy atom. The van der Waals surface area contributed by atoms with Crippen molar-refractivity contribution in [2.45, 2.75) is 59.4 Å². The number of hydrogen-bond donors (Lipinski definition) is 1. The molecule has 0 saturated carbocycles. The van der Waals surface area contributed by atoms with E-state index < -0.39 is 0 Å². The molecule has 0 saturated heterocycles. The molecule has 4 heteroatoms. The van der Waals surface area contributed by atoms with Crippen molar-refractivity contribution < 1.29 is 0 Å². The molecule has 1 aromatic carbocycles. The SMILES string of the molecule is CC(C)(C)CC(C)(C)Nc1c(CCc2ccccc2)nc2ncccn12. The number of imidazole rings is 1. The maximum atomic E-state index is 4.80. The summed E-state index contributed by atoms with van der Waals surface area (Å²) in [5.74, 6) is 1.82. The van der Waals surface area contributed by atoms with Gasteiger partial charge in [-0.2, -0.15) is 0 Å². The van der Waals surface area contributed by atoms with Gasteiger partial charge < -0.3 is 5.32 Å². The summed E-state index contributed by atoms with van der Waals surface area (Å²) in [4.78, 5) is 9.23. The van der Waals surface area contributed by atoms with Crippen LogP contribution in [0.5, 0.6) is 0 Å². The van der Waals surface area contributed by atoms with Crippen LogP contribution in [0.15, 0.2) is 48.8 Å². The number of benzene rings is 1. The third kappa shape index (κ3) is 4.63. The highest BCUT2D eigenvalue weighted by atomic mass is 15.2. The third-order valence-electron chi connectivity index (χ3n) is 4.40. The number of anilines is 1. The Kier molecular flexibility index (Phi) is 5.03. The number of fused-ring (bicyclic) bond motifs is 1. The normalized spacial score (nSPS) is 12.5. The number of aryl methyl sites for hydroxylation is 2. The average Bonchev–Trinajstić information content (AvgIpc) is 2.89. The molecule has 138 valence electrons. The molecule has 1 N–H and O–H groups in total. The van der Waals surface area contributed by atoms with E-state index in [1.807, 2.05) is 12.3 Å². The lowest BCUT2D eigenvalue weighted by Crippen LogP contribution is -2.36. The van der Waals surface area contributed by atoms with Crippen molar-refractivity contribution in [2.75, 3.05) is 5.32 Å². The minimum Gasteiger partial charge on any atom is -0.365 e. The Balaban J connectivity index is 1.89. The highest BCUT2D eigenvalue weighted by Gasteiger charge is 2.27. The van der Waals surface area contributed by atoms with Crippen molar-refractivity contribution in [3.05, 3.63) is 60.0 Å². The van der Waals surface area contributed by atoms with Crippen LogP contribution < -0.4 is 5.32 Å². The summed E-state index contributed by atoms with van der Waals surface area (Å²) in [6.45, 7) is 11.4. The van der Waals surface area contributed by atoms with Gasteiger partial charge in [0.1, 0.15) is 5.82 Å². The third-order valence-corrected chi connectivity index (χ3v) is 4.40. The number of aromatic nitrogens is 3. The summed E-state index contributed by atoms with van der Waals surface area (Å²) >= 11 is 0. The van der Waals surface area contributed by atoms with Crippen LogP contribution in [0.25, 0.3) is 5.78 Å². The van der Waals surface area contributed by atoms with Gasteiger partial charge in [0, 0.05) is 17.9 Å². The van der Waals surface area contributed by atoms with Crippen LogP contribution in [0, 0.1) is 5.41 Å². The first-order valence-corrected chi connectivity index (χ1v) is 9.38. The number of nitrogens with zero attached hydrogens (tertiary/aromatic N) is 3. The summed E-state index contributed by atoms with van der Waals surface area (Å²) in [6.07, 6.45) is 6.76. The number of hydrogen-bond acceptors (Lipinski definition) is 3. The molecule has 0 fully saturated rings. The molecule has 0 bridgehead atoms. The van der Waals surface area contributed by atoms with Crippen LogP contribution in [0.3, 0.4) is 0 Å². The van der Waals surface area contributed by atoms with Gasteiger partial charge in [0.05, 0.1) is 5.69 Å². The maximum absolute atomic E-state index is 4.80. The van der Waals surface area contributed by atoms with E-state index in [4.69, 9.17) is 4.98 Å². The van der Waals surface area contributed by atoms with E-state index in [0.717, 1.165) is 36.6 Å². The van der Waals surface area contributed by atoms with Gasteiger partial charge in [-0.15, -0.1) is 0 Å². The fraction of sp³-hybridized carbons (Fsp3) is 0.455. The molecule has 0 radical (unpaired) electrons. The monoisotopic (exact) mass is 350 g/mol. The van der Waals surface area contributed by atoms with Crippen LogP contribution in [-0.2, 0) is 12.8 Å². The molecule has 26 heavy (non-hydrogen) atoms. The molecular formula is C22H30N4. The first-order valence-electron chi connectivity index (χ1n) is 9.38. The fourth-order valence-electron chi connectivity index (χ4n) is 3.84. The molecule has 0 atom stereocenters. The highest BCUT2D eigenvalue weighted by molar-refractivity contribution is 5.53. The first kappa shape index (κ1) is 18.4. The molecule has 2 aromatic heterocycles. The molecule has 0 spiro atoms. The molecule has 3 aromatic rings. The summed E-state index contributed by atoms with van der Waals surface area (Å²) in [6, 6.07) is 12.5. The molecular weight excluding hydrogens is 320 g/mol. The van der Waals surface area contributed by atoms with E-state index in [2.05, 4.69) is 79.7 Å². The Morgan fingerprint density at radius 2 is 1.69 bits per heavy atom. The van der Waals surface area contributed by atoms with Gasteiger partial charge in [0.2, 0.25) is 5.78 Å². The maximum Gasteiger partial charge on any atom is 0.235 e. The van der Waals surface area contributed by atoms with Crippen molar-refractivity contribution in [3.8, 4) is 0 Å². The van der Waals surface area contributed by atoms with Crippen LogP contribution in [0.2, 0.25) is 0 Å². The van der Waals surface area contributed by atoms with E-state index in [9.17, 15) is 0 Å². The standard InChI is InChI=1S/C22H30N4/c1-21(2,3)16-22(4,5)25-19-18(13-12-17-10-7-6-8-11-17)24-20-23-14-9-15-26(19)20/h6-11,14-15,25H,12-13,16H2,1-5H3. The smallest absolute Gasteiger partial charge is 0.235 e. The Morgan fingerprint density at radius 1 is 0.962 bits per heavy atom. The second-order valence-electron chi connectivity index (χ2n) is 8.93. The second-order valence-corrected chi connectivity index (χ2v) is 8.93. The lowest BCUT2D eigenvalue weighted by Gasteiger charge is -2.34. The summed E-state index contributed by atoms with van der Waals surface area (Å²) in [5.41, 5.74) is 2.62. The van der Waals surface area contributed by atoms with Crippen LogP contribution >= 0.6 is 0 Å². The molecule has 0 aliphatic carbocycles. The van der Waals surface area contributed by atoms with Crippen molar-refractivity contribution in [2.24, 2.45) is 5.41 Å². The molecule has 3 rings (SSSR count).